The standard InChI is InChI=1S/C28H22N4O2/c1-17-7-5-11-25(29-17)31-27(33)22-14-21-13-19-9-3-4-10-20(19)15-23(21)24(16-22)28(34)32-26-12-6-8-18(2)30-26/h3-16H,1-2H3,(H,29,31,33)(H,30,32,34). The Bertz CT molecular complexity index is 1580. The van der Waals surface area contributed by atoms with Crippen LogP contribution in [-0.2, 0) is 0 Å². The minimum atomic E-state index is -0.337. The van der Waals surface area contributed by atoms with Crippen molar-refractivity contribution in [2.45, 2.75) is 13.8 Å². The van der Waals surface area contributed by atoms with E-state index in [1.807, 2.05) is 74.5 Å². The molecule has 0 saturated heterocycles. The minimum Gasteiger partial charge on any atom is -0.307 e. The van der Waals surface area contributed by atoms with Crippen LogP contribution in [0.5, 0.6) is 0 Å². The van der Waals surface area contributed by atoms with E-state index in [9.17, 15) is 9.59 Å². The molecule has 0 radical (unpaired) electrons. The molecule has 166 valence electrons. The number of rotatable bonds is 4. The van der Waals surface area contributed by atoms with E-state index in [0.717, 1.165) is 32.9 Å². The van der Waals surface area contributed by atoms with Crippen molar-refractivity contribution in [2.75, 3.05) is 10.6 Å². The average molecular weight is 447 g/mol. The van der Waals surface area contributed by atoms with Crippen molar-refractivity contribution >= 4 is 45.0 Å². The largest absolute Gasteiger partial charge is 0.307 e. The summed E-state index contributed by atoms with van der Waals surface area (Å²) in [5.74, 6) is 0.244. The summed E-state index contributed by atoms with van der Waals surface area (Å²) in [4.78, 5) is 35.2. The number of fused-ring (bicyclic) bond motifs is 2. The van der Waals surface area contributed by atoms with E-state index in [1.54, 1.807) is 24.3 Å². The van der Waals surface area contributed by atoms with Crippen LogP contribution in [0.2, 0.25) is 0 Å². The fraction of sp³-hybridized carbons (Fsp3) is 0.0714. The zero-order valence-electron chi connectivity index (χ0n) is 18.8. The minimum absolute atomic E-state index is 0.332. The van der Waals surface area contributed by atoms with Gasteiger partial charge in [0.05, 0.1) is 0 Å². The van der Waals surface area contributed by atoms with Gasteiger partial charge in [0.25, 0.3) is 11.8 Å². The normalized spacial score (nSPS) is 10.9. The van der Waals surface area contributed by atoms with Crippen LogP contribution in [0.25, 0.3) is 21.5 Å². The molecule has 34 heavy (non-hydrogen) atoms. The first-order valence-corrected chi connectivity index (χ1v) is 10.9. The lowest BCUT2D eigenvalue weighted by atomic mass is 9.96. The quantitative estimate of drug-likeness (QED) is 0.337. The van der Waals surface area contributed by atoms with Gasteiger partial charge in [-0.3, -0.25) is 9.59 Å². The zero-order chi connectivity index (χ0) is 23.7. The van der Waals surface area contributed by atoms with Gasteiger partial charge in [-0.05, 0) is 83.9 Å². The van der Waals surface area contributed by atoms with E-state index in [2.05, 4.69) is 20.6 Å². The highest BCUT2D eigenvalue weighted by Gasteiger charge is 2.17. The first-order valence-electron chi connectivity index (χ1n) is 10.9. The fourth-order valence-electron chi connectivity index (χ4n) is 3.97. The Morgan fingerprint density at radius 3 is 1.82 bits per heavy atom. The van der Waals surface area contributed by atoms with E-state index in [-0.39, 0.29) is 11.8 Å². The van der Waals surface area contributed by atoms with Gasteiger partial charge in [0.2, 0.25) is 0 Å². The summed E-state index contributed by atoms with van der Waals surface area (Å²) < 4.78 is 0. The lowest BCUT2D eigenvalue weighted by Crippen LogP contribution is -2.17. The highest BCUT2D eigenvalue weighted by atomic mass is 16.2. The van der Waals surface area contributed by atoms with Gasteiger partial charge in [0.15, 0.2) is 0 Å². The summed E-state index contributed by atoms with van der Waals surface area (Å²) in [7, 11) is 0. The molecule has 0 unspecified atom stereocenters. The summed E-state index contributed by atoms with van der Waals surface area (Å²) in [6.07, 6.45) is 0. The van der Waals surface area contributed by atoms with Gasteiger partial charge >= 0.3 is 0 Å². The fourth-order valence-corrected chi connectivity index (χ4v) is 3.97. The second kappa shape index (κ2) is 8.75. The van der Waals surface area contributed by atoms with Gasteiger partial charge in [0, 0.05) is 22.5 Å². The molecule has 0 fully saturated rings. The molecule has 5 rings (SSSR count). The molecule has 6 heteroatoms. The van der Waals surface area contributed by atoms with Crippen molar-refractivity contribution in [3.63, 3.8) is 0 Å². The van der Waals surface area contributed by atoms with E-state index in [4.69, 9.17) is 0 Å². The maximum Gasteiger partial charge on any atom is 0.257 e. The molecular formula is C28H22N4O2. The summed E-state index contributed by atoms with van der Waals surface area (Å²) in [6.45, 7) is 3.72. The lowest BCUT2D eigenvalue weighted by Gasteiger charge is -2.12. The van der Waals surface area contributed by atoms with Crippen LogP contribution in [0.4, 0.5) is 11.6 Å². The van der Waals surface area contributed by atoms with Crippen molar-refractivity contribution in [1.29, 1.82) is 0 Å². The lowest BCUT2D eigenvalue weighted by molar-refractivity contribution is 0.102. The van der Waals surface area contributed by atoms with Gasteiger partial charge in [-0.1, -0.05) is 36.4 Å². The number of hydrogen-bond donors (Lipinski definition) is 2. The predicted molar refractivity (Wildman–Crippen MR) is 135 cm³/mol. The SMILES string of the molecule is Cc1cccc(NC(=O)c2cc(C(=O)Nc3cccc(C)n3)c3cc4ccccc4cc3c2)n1. The molecular weight excluding hydrogens is 424 g/mol. The molecule has 5 aromatic rings. The van der Waals surface area contributed by atoms with Crippen LogP contribution in [0.1, 0.15) is 32.1 Å². The number of carbonyl (C=O) groups is 2. The van der Waals surface area contributed by atoms with Gasteiger partial charge in [-0.2, -0.15) is 0 Å². The number of nitrogens with one attached hydrogen (secondary N) is 2. The number of benzene rings is 3. The topological polar surface area (TPSA) is 84.0 Å². The number of nitrogens with zero attached hydrogens (tertiary/aromatic N) is 2. The molecule has 2 heterocycles. The van der Waals surface area contributed by atoms with Crippen LogP contribution in [0, 0.1) is 13.8 Å². The Hall–Kier alpha value is -4.58. The molecule has 6 nitrogen and oxygen atoms in total. The number of pyridine rings is 2. The maximum absolute atomic E-state index is 13.4. The number of aromatic nitrogens is 2. The Kier molecular flexibility index (Phi) is 5.47. The molecule has 0 aliphatic heterocycles. The third kappa shape index (κ3) is 4.34. The van der Waals surface area contributed by atoms with Crippen LogP contribution in [0.3, 0.4) is 0 Å². The molecule has 0 spiro atoms. The van der Waals surface area contributed by atoms with E-state index in [0.29, 0.717) is 22.8 Å². The molecule has 0 atom stereocenters. The highest BCUT2D eigenvalue weighted by molar-refractivity contribution is 6.17. The Morgan fingerprint density at radius 1 is 0.618 bits per heavy atom. The van der Waals surface area contributed by atoms with Gasteiger partial charge in [-0.15, -0.1) is 0 Å². The van der Waals surface area contributed by atoms with Crippen molar-refractivity contribution in [3.05, 3.63) is 107 Å². The van der Waals surface area contributed by atoms with E-state index < -0.39 is 0 Å². The van der Waals surface area contributed by atoms with Crippen LogP contribution < -0.4 is 10.6 Å². The molecule has 2 aromatic heterocycles. The van der Waals surface area contributed by atoms with Crippen molar-refractivity contribution < 1.29 is 9.59 Å². The Morgan fingerprint density at radius 2 is 1.21 bits per heavy atom. The monoisotopic (exact) mass is 446 g/mol. The van der Waals surface area contributed by atoms with Crippen molar-refractivity contribution in [2.24, 2.45) is 0 Å². The maximum atomic E-state index is 13.4. The summed E-state index contributed by atoms with van der Waals surface area (Å²) in [5, 5.41) is 9.29. The van der Waals surface area contributed by atoms with Gasteiger partial charge in [0.1, 0.15) is 11.6 Å². The Balaban J connectivity index is 1.61. The molecule has 0 bridgehead atoms. The highest BCUT2D eigenvalue weighted by Crippen LogP contribution is 2.28. The molecule has 2 N–H and O–H groups in total. The summed E-state index contributed by atoms with van der Waals surface area (Å²) >= 11 is 0. The zero-order valence-corrected chi connectivity index (χ0v) is 18.8. The number of carbonyl (C=O) groups excluding carboxylic acids is 2. The van der Waals surface area contributed by atoms with Gasteiger partial charge < -0.3 is 10.6 Å². The van der Waals surface area contributed by atoms with E-state index in [1.165, 1.54) is 0 Å². The van der Waals surface area contributed by atoms with Crippen molar-refractivity contribution in [1.82, 2.24) is 9.97 Å². The predicted octanol–water partition coefficient (Wildman–Crippen LogP) is 5.90. The van der Waals surface area contributed by atoms with Crippen LogP contribution in [0.15, 0.2) is 84.9 Å². The first-order chi connectivity index (χ1) is 16.5. The number of aryl methyl sites for hydroxylation is 2. The summed E-state index contributed by atoms with van der Waals surface area (Å²) in [5.41, 5.74) is 2.36. The Labute approximate surface area is 196 Å². The summed E-state index contributed by atoms with van der Waals surface area (Å²) in [6, 6.07) is 26.2. The number of hydrogen-bond acceptors (Lipinski definition) is 4. The van der Waals surface area contributed by atoms with E-state index >= 15 is 0 Å². The molecule has 3 aromatic carbocycles. The average Bonchev–Trinajstić information content (AvgIpc) is 2.82. The molecule has 2 amide bonds. The second-order valence-corrected chi connectivity index (χ2v) is 8.18. The molecule has 0 aliphatic carbocycles. The van der Waals surface area contributed by atoms with Crippen molar-refractivity contribution in [3.8, 4) is 0 Å². The van der Waals surface area contributed by atoms with Gasteiger partial charge in [-0.25, -0.2) is 9.97 Å². The third-order valence-electron chi connectivity index (χ3n) is 5.59. The molecule has 0 saturated carbocycles. The first kappa shape index (κ1) is 21.3. The second-order valence-electron chi connectivity index (χ2n) is 8.18. The van der Waals surface area contributed by atoms with Crippen LogP contribution >= 0.6 is 0 Å². The number of anilines is 2. The number of amides is 2. The third-order valence-corrected chi connectivity index (χ3v) is 5.59. The smallest absolute Gasteiger partial charge is 0.257 e. The molecule has 0 aliphatic rings. The van der Waals surface area contributed by atoms with Crippen LogP contribution in [-0.4, -0.2) is 21.8 Å².